The minimum atomic E-state index is -0.842. The highest BCUT2D eigenvalue weighted by atomic mass is 16.7. The normalized spacial score (nSPS) is 26.4. The van der Waals surface area contributed by atoms with Gasteiger partial charge in [0.05, 0.1) is 18.8 Å². The van der Waals surface area contributed by atoms with E-state index in [0.29, 0.717) is 5.47 Å². The molecular weight excluding hydrogens is 313 g/mol. The van der Waals surface area contributed by atoms with Crippen molar-refractivity contribution in [2.24, 2.45) is 0 Å². The summed E-state index contributed by atoms with van der Waals surface area (Å²) in [5, 5.41) is 0. The number of rotatable bonds is 2. The second-order valence-corrected chi connectivity index (χ2v) is 7.65. The number of ether oxygens (including phenoxy) is 2. The fourth-order valence-electron chi connectivity index (χ4n) is 2.52. The Labute approximate surface area is 143 Å². The first kappa shape index (κ1) is 18.8. The number of hydrogen-bond acceptors (Lipinski definition) is 6. The van der Waals surface area contributed by atoms with Gasteiger partial charge in [0, 0.05) is 6.54 Å². The summed E-state index contributed by atoms with van der Waals surface area (Å²) in [4.78, 5) is 25.8. The molecule has 134 valence electrons. The van der Waals surface area contributed by atoms with E-state index < -0.39 is 36.4 Å². The molecule has 2 atom stereocenters. The fourth-order valence-corrected chi connectivity index (χ4v) is 2.52. The molecule has 0 aromatic heterocycles. The maximum Gasteiger partial charge on any atom is 0.491 e. The van der Waals surface area contributed by atoms with Crippen LogP contribution in [0.1, 0.15) is 41.5 Å². The summed E-state index contributed by atoms with van der Waals surface area (Å²) in [6, 6.07) is -0.842. The molecule has 0 bridgehead atoms. The smallest absolute Gasteiger partial charge is 0.467 e. The molecule has 2 unspecified atom stereocenters. The van der Waals surface area contributed by atoms with E-state index in [2.05, 4.69) is 0 Å². The van der Waals surface area contributed by atoms with E-state index >= 15 is 0 Å². The molecular formula is C16H26BNO6. The Morgan fingerprint density at radius 2 is 2.00 bits per heavy atom. The van der Waals surface area contributed by atoms with Crippen molar-refractivity contribution in [2.75, 3.05) is 13.7 Å². The monoisotopic (exact) mass is 339 g/mol. The second kappa shape index (κ2) is 6.40. The van der Waals surface area contributed by atoms with Gasteiger partial charge in [-0.05, 0) is 47.0 Å². The lowest BCUT2D eigenvalue weighted by molar-refractivity contribution is -0.144. The third-order valence-corrected chi connectivity index (χ3v) is 4.15. The first-order valence-corrected chi connectivity index (χ1v) is 8.06. The fraction of sp³-hybridized carbons (Fsp3) is 0.750. The molecule has 0 aromatic carbocycles. The Hall–Kier alpha value is -1.54. The Balaban J connectivity index is 2.18. The van der Waals surface area contributed by atoms with E-state index in [1.54, 1.807) is 26.8 Å². The zero-order valence-electron chi connectivity index (χ0n) is 15.4. The van der Waals surface area contributed by atoms with Gasteiger partial charge in [-0.15, -0.1) is 0 Å². The lowest BCUT2D eigenvalue weighted by atomic mass is 9.78. The van der Waals surface area contributed by atoms with E-state index in [4.69, 9.17) is 18.8 Å². The Morgan fingerprint density at radius 1 is 1.38 bits per heavy atom. The molecule has 0 saturated carbocycles. The van der Waals surface area contributed by atoms with Crippen molar-refractivity contribution in [3.63, 3.8) is 0 Å². The first-order chi connectivity index (χ1) is 10.9. The van der Waals surface area contributed by atoms with Crippen LogP contribution in [0.15, 0.2) is 11.5 Å². The number of carbonyl (C=O) groups excluding carboxylic acids is 2. The molecule has 8 heteroatoms. The average molecular weight is 339 g/mol. The van der Waals surface area contributed by atoms with Gasteiger partial charge in [0.2, 0.25) is 0 Å². The number of esters is 1. The van der Waals surface area contributed by atoms with E-state index in [-0.39, 0.29) is 12.6 Å². The summed E-state index contributed by atoms with van der Waals surface area (Å²) in [7, 11) is 0.699. The van der Waals surface area contributed by atoms with E-state index in [1.807, 2.05) is 20.8 Å². The number of methoxy groups -OCH3 is 1. The lowest BCUT2D eigenvalue weighted by Gasteiger charge is -2.27. The van der Waals surface area contributed by atoms with Crippen LogP contribution in [0.2, 0.25) is 0 Å². The predicted octanol–water partition coefficient (Wildman–Crippen LogP) is 1.95. The number of carbonyl (C=O) groups is 2. The van der Waals surface area contributed by atoms with Gasteiger partial charge >= 0.3 is 19.2 Å². The van der Waals surface area contributed by atoms with Crippen LogP contribution in [-0.4, -0.2) is 61.1 Å². The molecule has 2 aliphatic heterocycles. The highest BCUT2D eigenvalue weighted by Gasteiger charge is 2.49. The van der Waals surface area contributed by atoms with Gasteiger partial charge in [0.25, 0.3) is 0 Å². The highest BCUT2D eigenvalue weighted by molar-refractivity contribution is 6.55. The van der Waals surface area contributed by atoms with Gasteiger partial charge in [-0.25, -0.2) is 9.59 Å². The average Bonchev–Trinajstić information content (AvgIpc) is 2.98. The van der Waals surface area contributed by atoms with Crippen molar-refractivity contribution in [3.8, 4) is 0 Å². The number of amides is 1. The molecule has 2 heterocycles. The maximum atomic E-state index is 12.4. The molecule has 7 nitrogen and oxygen atoms in total. The molecule has 2 rings (SSSR count). The van der Waals surface area contributed by atoms with Crippen LogP contribution in [0.25, 0.3) is 0 Å². The van der Waals surface area contributed by atoms with Gasteiger partial charge in [-0.3, -0.25) is 4.90 Å². The largest absolute Gasteiger partial charge is 0.491 e. The topological polar surface area (TPSA) is 74.3 Å². The van der Waals surface area contributed by atoms with Crippen molar-refractivity contribution in [1.82, 2.24) is 4.90 Å². The van der Waals surface area contributed by atoms with E-state index in [0.717, 1.165) is 0 Å². The summed E-state index contributed by atoms with van der Waals surface area (Å²) < 4.78 is 21.9. The highest BCUT2D eigenvalue weighted by Crippen LogP contribution is 2.33. The molecule has 0 radical (unpaired) electrons. The number of hydrogen-bond donors (Lipinski definition) is 0. The van der Waals surface area contributed by atoms with E-state index in [9.17, 15) is 9.59 Å². The molecule has 0 aliphatic carbocycles. The molecule has 2 aliphatic rings. The van der Waals surface area contributed by atoms with Crippen LogP contribution < -0.4 is 0 Å². The standard InChI is InChI=1S/C16H26BNO6/c1-10-16(5,6)24-17(23-10)11-8-12(13(19)21-7)18(9-11)14(20)22-15(2,3)4/h8,10,12H,9H2,1-7H3. The van der Waals surface area contributed by atoms with Crippen LogP contribution in [0.4, 0.5) is 4.79 Å². The summed E-state index contributed by atoms with van der Waals surface area (Å²) >= 11 is 0. The molecule has 0 spiro atoms. The molecule has 1 saturated heterocycles. The van der Waals surface area contributed by atoms with Gasteiger partial charge < -0.3 is 18.8 Å². The Kier molecular flexibility index (Phi) is 5.02. The van der Waals surface area contributed by atoms with Gasteiger partial charge in [0.1, 0.15) is 5.60 Å². The summed E-state index contributed by atoms with van der Waals surface area (Å²) in [6.45, 7) is 11.3. The minimum absolute atomic E-state index is 0.101. The number of nitrogens with zero attached hydrogens (tertiary/aromatic N) is 1. The van der Waals surface area contributed by atoms with Crippen LogP contribution >= 0.6 is 0 Å². The Morgan fingerprint density at radius 3 is 2.46 bits per heavy atom. The van der Waals surface area contributed by atoms with Crippen LogP contribution in [0.3, 0.4) is 0 Å². The molecule has 1 amide bonds. The van der Waals surface area contributed by atoms with Crippen molar-refractivity contribution in [3.05, 3.63) is 11.5 Å². The lowest BCUT2D eigenvalue weighted by Crippen LogP contribution is -2.44. The SMILES string of the molecule is COC(=O)C1C=C(B2OC(C)C(C)(C)O2)CN1C(=O)OC(C)(C)C. The van der Waals surface area contributed by atoms with Gasteiger partial charge in [-0.2, -0.15) is 0 Å². The quantitative estimate of drug-likeness (QED) is 0.565. The van der Waals surface area contributed by atoms with Gasteiger partial charge in [-0.1, -0.05) is 6.08 Å². The first-order valence-electron chi connectivity index (χ1n) is 8.06. The molecule has 24 heavy (non-hydrogen) atoms. The van der Waals surface area contributed by atoms with Crippen LogP contribution in [-0.2, 0) is 23.6 Å². The van der Waals surface area contributed by atoms with Crippen molar-refractivity contribution < 1.29 is 28.4 Å². The van der Waals surface area contributed by atoms with Crippen molar-refractivity contribution >= 4 is 19.2 Å². The summed E-state index contributed by atoms with van der Waals surface area (Å²) in [5.74, 6) is -0.527. The molecule has 0 aromatic rings. The zero-order chi connectivity index (χ0) is 18.3. The van der Waals surface area contributed by atoms with Crippen LogP contribution in [0.5, 0.6) is 0 Å². The third-order valence-electron chi connectivity index (χ3n) is 4.15. The zero-order valence-corrected chi connectivity index (χ0v) is 15.4. The van der Waals surface area contributed by atoms with Gasteiger partial charge in [0.15, 0.2) is 6.04 Å². The molecule has 1 fully saturated rings. The second-order valence-electron chi connectivity index (χ2n) is 7.65. The summed E-state index contributed by atoms with van der Waals surface area (Å²) in [5.41, 5.74) is -0.378. The maximum absolute atomic E-state index is 12.4. The van der Waals surface area contributed by atoms with E-state index in [1.165, 1.54) is 12.0 Å². The van der Waals surface area contributed by atoms with Crippen LogP contribution in [0, 0.1) is 0 Å². The summed E-state index contributed by atoms with van der Waals surface area (Å²) in [6.07, 6.45) is 0.985. The van der Waals surface area contributed by atoms with Crippen molar-refractivity contribution in [1.29, 1.82) is 0 Å². The van der Waals surface area contributed by atoms with Crippen molar-refractivity contribution in [2.45, 2.75) is 64.9 Å². The third kappa shape index (κ3) is 3.92. The predicted molar refractivity (Wildman–Crippen MR) is 88.3 cm³/mol. The minimum Gasteiger partial charge on any atom is -0.467 e. The molecule has 0 N–H and O–H groups in total. The Bertz CT molecular complexity index is 553.